The zero-order valence-electron chi connectivity index (χ0n) is 8.49. The van der Waals surface area contributed by atoms with E-state index in [1.165, 1.54) is 30.0 Å². The molecule has 0 radical (unpaired) electrons. The molecule has 1 aromatic rings. The molecule has 16 heavy (non-hydrogen) atoms. The van der Waals surface area contributed by atoms with Gasteiger partial charge >= 0.3 is 5.97 Å². The largest absolute Gasteiger partial charge is 0.478 e. The first-order valence-corrected chi connectivity index (χ1v) is 6.13. The summed E-state index contributed by atoms with van der Waals surface area (Å²) in [4.78, 5) is 22.2. The lowest BCUT2D eigenvalue weighted by Gasteiger charge is -2.07. The summed E-state index contributed by atoms with van der Waals surface area (Å²) >= 11 is 7.04. The average Bonchev–Trinajstić information content (AvgIpc) is 2.20. The van der Waals surface area contributed by atoms with Gasteiger partial charge in [-0.05, 0) is 24.5 Å². The van der Waals surface area contributed by atoms with Crippen LogP contribution in [0.1, 0.15) is 10.4 Å². The molecule has 0 aromatic heterocycles. The molecular weight excluding hydrogens is 250 g/mol. The van der Waals surface area contributed by atoms with Crippen LogP contribution in [0.4, 0.5) is 5.69 Å². The molecule has 0 heterocycles. The van der Waals surface area contributed by atoms with E-state index in [0.717, 1.165) is 0 Å². The molecule has 1 rings (SSSR count). The number of amides is 1. The first kappa shape index (κ1) is 12.9. The van der Waals surface area contributed by atoms with Crippen LogP contribution in [0.3, 0.4) is 0 Å². The fourth-order valence-corrected chi connectivity index (χ4v) is 1.63. The van der Waals surface area contributed by atoms with Crippen LogP contribution in [0.25, 0.3) is 0 Å². The summed E-state index contributed by atoms with van der Waals surface area (Å²) in [5.41, 5.74) is 0.248. The second kappa shape index (κ2) is 5.77. The van der Waals surface area contributed by atoms with Crippen molar-refractivity contribution in [3.8, 4) is 0 Å². The van der Waals surface area contributed by atoms with E-state index in [-0.39, 0.29) is 22.9 Å². The van der Waals surface area contributed by atoms with Crippen LogP contribution in [0, 0.1) is 0 Å². The summed E-state index contributed by atoms with van der Waals surface area (Å²) in [6.45, 7) is 0. The average molecular weight is 260 g/mol. The Kier molecular flexibility index (Phi) is 4.64. The molecule has 6 heteroatoms. The molecule has 2 N–H and O–H groups in total. The third-order valence-corrected chi connectivity index (χ3v) is 2.55. The number of halogens is 1. The summed E-state index contributed by atoms with van der Waals surface area (Å²) in [6.07, 6.45) is 1.79. The van der Waals surface area contributed by atoms with E-state index < -0.39 is 5.97 Å². The lowest BCUT2D eigenvalue weighted by molar-refractivity contribution is -0.113. The zero-order valence-corrected chi connectivity index (χ0v) is 10.1. The molecule has 0 spiro atoms. The molecule has 0 bridgehead atoms. The SMILES string of the molecule is CSCC(=O)Nc1ccc(Cl)cc1C(=O)O. The van der Waals surface area contributed by atoms with Gasteiger partial charge in [-0.15, -0.1) is 0 Å². The number of carbonyl (C=O) groups is 2. The van der Waals surface area contributed by atoms with Crippen LogP contribution >= 0.6 is 23.4 Å². The number of carbonyl (C=O) groups excluding carboxylic acids is 1. The molecule has 4 nitrogen and oxygen atoms in total. The van der Waals surface area contributed by atoms with Gasteiger partial charge in [-0.2, -0.15) is 11.8 Å². The summed E-state index contributed by atoms with van der Waals surface area (Å²) in [5.74, 6) is -1.08. The Bertz CT molecular complexity index is 423. The standard InChI is InChI=1S/C10H10ClNO3S/c1-16-5-9(13)12-8-3-2-6(11)4-7(8)10(14)15/h2-4H,5H2,1H3,(H,12,13)(H,14,15). The van der Waals surface area contributed by atoms with E-state index in [2.05, 4.69) is 5.32 Å². The maximum Gasteiger partial charge on any atom is 0.337 e. The van der Waals surface area contributed by atoms with Crippen molar-refractivity contribution in [3.63, 3.8) is 0 Å². The van der Waals surface area contributed by atoms with Gasteiger partial charge in [-0.1, -0.05) is 11.6 Å². The van der Waals surface area contributed by atoms with Crippen molar-refractivity contribution in [1.82, 2.24) is 0 Å². The molecule has 1 amide bonds. The molecule has 0 saturated carbocycles. The van der Waals surface area contributed by atoms with Crippen molar-refractivity contribution in [2.45, 2.75) is 0 Å². The number of carboxylic acids is 1. The maximum absolute atomic E-state index is 11.3. The summed E-state index contributed by atoms with van der Waals surface area (Å²) in [6, 6.07) is 4.31. The van der Waals surface area contributed by atoms with Crippen LogP contribution in [0.2, 0.25) is 5.02 Å². The quantitative estimate of drug-likeness (QED) is 0.871. The molecular formula is C10H10ClNO3S. The number of hydrogen-bond donors (Lipinski definition) is 2. The third-order valence-electron chi connectivity index (χ3n) is 1.76. The number of nitrogens with one attached hydrogen (secondary N) is 1. The van der Waals surface area contributed by atoms with Crippen LogP contribution in [-0.4, -0.2) is 29.0 Å². The van der Waals surface area contributed by atoms with Gasteiger partial charge in [-0.25, -0.2) is 4.79 Å². The minimum Gasteiger partial charge on any atom is -0.478 e. The minimum absolute atomic E-state index is 0.0121. The number of benzene rings is 1. The van der Waals surface area contributed by atoms with Crippen molar-refractivity contribution < 1.29 is 14.7 Å². The van der Waals surface area contributed by atoms with Crippen LogP contribution in [-0.2, 0) is 4.79 Å². The van der Waals surface area contributed by atoms with E-state index in [4.69, 9.17) is 16.7 Å². The van der Waals surface area contributed by atoms with Crippen LogP contribution < -0.4 is 5.32 Å². The summed E-state index contributed by atoms with van der Waals surface area (Å²) in [7, 11) is 0. The molecule has 1 aromatic carbocycles. The predicted octanol–water partition coefficient (Wildman–Crippen LogP) is 2.34. The van der Waals surface area contributed by atoms with Crippen LogP contribution in [0.5, 0.6) is 0 Å². The van der Waals surface area contributed by atoms with Gasteiger partial charge < -0.3 is 10.4 Å². The molecule has 0 fully saturated rings. The number of rotatable bonds is 4. The van der Waals surface area contributed by atoms with Crippen molar-refractivity contribution >= 4 is 40.9 Å². The monoisotopic (exact) mass is 259 g/mol. The Balaban J connectivity index is 2.95. The molecule has 0 aliphatic rings. The third kappa shape index (κ3) is 3.43. The highest BCUT2D eigenvalue weighted by Gasteiger charge is 2.12. The Morgan fingerprint density at radius 1 is 1.50 bits per heavy atom. The highest BCUT2D eigenvalue weighted by Crippen LogP contribution is 2.20. The normalized spacial score (nSPS) is 9.88. The zero-order chi connectivity index (χ0) is 12.1. The predicted molar refractivity (Wildman–Crippen MR) is 65.4 cm³/mol. The Morgan fingerprint density at radius 2 is 2.19 bits per heavy atom. The van der Waals surface area contributed by atoms with Crippen molar-refractivity contribution in [1.29, 1.82) is 0 Å². The van der Waals surface area contributed by atoms with Gasteiger partial charge in [0.05, 0.1) is 17.0 Å². The number of anilines is 1. The molecule has 0 aliphatic carbocycles. The highest BCUT2D eigenvalue weighted by molar-refractivity contribution is 7.99. The van der Waals surface area contributed by atoms with Gasteiger partial charge in [0.15, 0.2) is 0 Å². The van der Waals surface area contributed by atoms with E-state index >= 15 is 0 Å². The van der Waals surface area contributed by atoms with Gasteiger partial charge in [0.1, 0.15) is 0 Å². The lowest BCUT2D eigenvalue weighted by Crippen LogP contribution is -2.16. The summed E-state index contributed by atoms with van der Waals surface area (Å²) in [5, 5.41) is 11.8. The van der Waals surface area contributed by atoms with Crippen molar-refractivity contribution in [2.24, 2.45) is 0 Å². The Hall–Kier alpha value is -1.20. The molecule has 0 unspecified atom stereocenters. The molecule has 0 aliphatic heterocycles. The number of hydrogen-bond acceptors (Lipinski definition) is 3. The highest BCUT2D eigenvalue weighted by atomic mass is 35.5. The number of aromatic carboxylic acids is 1. The first-order chi connectivity index (χ1) is 7.54. The second-order valence-corrected chi connectivity index (χ2v) is 4.28. The Labute approximate surface area is 102 Å². The van der Waals surface area contributed by atoms with E-state index in [9.17, 15) is 9.59 Å². The number of thioether (sulfide) groups is 1. The first-order valence-electron chi connectivity index (χ1n) is 4.36. The second-order valence-electron chi connectivity index (χ2n) is 2.98. The van der Waals surface area contributed by atoms with Crippen molar-refractivity contribution in [3.05, 3.63) is 28.8 Å². The van der Waals surface area contributed by atoms with E-state index in [1.54, 1.807) is 6.26 Å². The fraction of sp³-hybridized carbons (Fsp3) is 0.200. The van der Waals surface area contributed by atoms with Crippen molar-refractivity contribution in [2.75, 3.05) is 17.3 Å². The van der Waals surface area contributed by atoms with E-state index in [0.29, 0.717) is 5.02 Å². The topological polar surface area (TPSA) is 66.4 Å². The minimum atomic E-state index is -1.12. The Morgan fingerprint density at radius 3 is 2.75 bits per heavy atom. The van der Waals surface area contributed by atoms with Gasteiger partial charge in [0, 0.05) is 5.02 Å². The molecule has 0 saturated heterocycles. The van der Waals surface area contributed by atoms with Crippen LogP contribution in [0.15, 0.2) is 18.2 Å². The maximum atomic E-state index is 11.3. The molecule has 86 valence electrons. The van der Waals surface area contributed by atoms with Gasteiger partial charge in [0.2, 0.25) is 5.91 Å². The molecule has 0 atom stereocenters. The fourth-order valence-electron chi connectivity index (χ4n) is 1.12. The number of carboxylic acid groups (broad SMARTS) is 1. The van der Waals surface area contributed by atoms with E-state index in [1.807, 2.05) is 0 Å². The van der Waals surface area contributed by atoms with Gasteiger partial charge in [-0.3, -0.25) is 4.79 Å². The summed E-state index contributed by atoms with van der Waals surface area (Å²) < 4.78 is 0. The lowest BCUT2D eigenvalue weighted by atomic mass is 10.2. The smallest absolute Gasteiger partial charge is 0.337 e. The van der Waals surface area contributed by atoms with Gasteiger partial charge in [0.25, 0.3) is 0 Å².